The van der Waals surface area contributed by atoms with Crippen molar-refractivity contribution in [2.24, 2.45) is 0 Å². The Bertz CT molecular complexity index is 682. The van der Waals surface area contributed by atoms with Crippen molar-refractivity contribution in [3.8, 4) is 11.4 Å². The lowest BCUT2D eigenvalue weighted by molar-refractivity contribution is 0.311. The van der Waals surface area contributed by atoms with Crippen molar-refractivity contribution in [3.63, 3.8) is 0 Å². The van der Waals surface area contributed by atoms with Gasteiger partial charge in [-0.1, -0.05) is 12.1 Å². The van der Waals surface area contributed by atoms with Gasteiger partial charge in [0, 0.05) is 22.9 Å². The number of hydrogen-bond donors (Lipinski definition) is 2. The molecule has 3 rings (SSSR count). The van der Waals surface area contributed by atoms with Crippen LogP contribution in [0.3, 0.4) is 0 Å². The van der Waals surface area contributed by atoms with E-state index in [1.165, 1.54) is 0 Å². The van der Waals surface area contributed by atoms with Crippen LogP contribution >= 0.6 is 11.3 Å². The molecule has 4 nitrogen and oxygen atoms in total. The minimum absolute atomic E-state index is 0.0755. The van der Waals surface area contributed by atoms with E-state index in [2.05, 4.69) is 15.3 Å². The lowest BCUT2D eigenvalue weighted by atomic mass is 10.2. The Labute approximate surface area is 114 Å². The summed E-state index contributed by atoms with van der Waals surface area (Å²) in [5.41, 5.74) is 1.92. The van der Waals surface area contributed by atoms with Crippen molar-refractivity contribution >= 4 is 28.1 Å². The number of benzene rings is 1. The summed E-state index contributed by atoms with van der Waals surface area (Å²) < 4.78 is 0. The molecule has 0 amide bonds. The van der Waals surface area contributed by atoms with Crippen LogP contribution in [0.25, 0.3) is 22.3 Å². The molecule has 2 aromatic heterocycles. The summed E-state index contributed by atoms with van der Waals surface area (Å²) in [6.07, 6.45) is 0. The second-order valence-electron chi connectivity index (χ2n) is 4.08. The summed E-state index contributed by atoms with van der Waals surface area (Å²) in [6.45, 7) is 0.552. The summed E-state index contributed by atoms with van der Waals surface area (Å²) in [5.74, 6) is 1.47. The maximum atomic E-state index is 8.95. The third-order valence-electron chi connectivity index (χ3n) is 2.79. The maximum Gasteiger partial charge on any atom is 0.162 e. The zero-order chi connectivity index (χ0) is 13.1. The van der Waals surface area contributed by atoms with Gasteiger partial charge in [0.2, 0.25) is 0 Å². The number of aliphatic hydroxyl groups excluding tert-OH is 1. The molecule has 0 spiro atoms. The molecule has 0 saturated heterocycles. The largest absolute Gasteiger partial charge is 0.395 e. The molecular weight excluding hydrogens is 258 g/mol. The first kappa shape index (κ1) is 12.1. The van der Waals surface area contributed by atoms with Crippen LogP contribution in [0.2, 0.25) is 0 Å². The maximum absolute atomic E-state index is 8.95. The molecule has 0 saturated carbocycles. The Hall–Kier alpha value is -1.98. The SMILES string of the molecule is OCCNc1nc(-c2ccsc2)nc2ccccc12. The van der Waals surface area contributed by atoms with Gasteiger partial charge in [0.25, 0.3) is 0 Å². The number of fused-ring (bicyclic) bond motifs is 1. The molecule has 0 aliphatic rings. The molecule has 0 aliphatic carbocycles. The van der Waals surface area contributed by atoms with E-state index in [-0.39, 0.29) is 6.61 Å². The van der Waals surface area contributed by atoms with Crippen LogP contribution < -0.4 is 5.32 Å². The molecule has 0 aliphatic heterocycles. The Kier molecular flexibility index (Phi) is 3.39. The molecule has 2 heterocycles. The van der Waals surface area contributed by atoms with Crippen LogP contribution in [-0.4, -0.2) is 28.2 Å². The number of thiophene rings is 1. The van der Waals surface area contributed by atoms with Crippen LogP contribution in [0.5, 0.6) is 0 Å². The first-order chi connectivity index (χ1) is 9.38. The van der Waals surface area contributed by atoms with Crippen molar-refractivity contribution in [1.29, 1.82) is 0 Å². The quantitative estimate of drug-likeness (QED) is 0.766. The van der Waals surface area contributed by atoms with Gasteiger partial charge in [0.1, 0.15) is 5.82 Å². The van der Waals surface area contributed by atoms with Gasteiger partial charge in [-0.05, 0) is 23.6 Å². The summed E-state index contributed by atoms with van der Waals surface area (Å²) in [4.78, 5) is 9.13. The fraction of sp³-hybridized carbons (Fsp3) is 0.143. The molecule has 19 heavy (non-hydrogen) atoms. The second-order valence-corrected chi connectivity index (χ2v) is 4.86. The van der Waals surface area contributed by atoms with Gasteiger partial charge >= 0.3 is 0 Å². The molecule has 1 aromatic carbocycles. The smallest absolute Gasteiger partial charge is 0.162 e. The number of hydrogen-bond acceptors (Lipinski definition) is 5. The van der Waals surface area contributed by atoms with E-state index in [4.69, 9.17) is 5.11 Å². The third-order valence-corrected chi connectivity index (χ3v) is 3.47. The highest BCUT2D eigenvalue weighted by Gasteiger charge is 2.08. The summed E-state index contributed by atoms with van der Waals surface area (Å²) in [6, 6.07) is 9.87. The van der Waals surface area contributed by atoms with Gasteiger partial charge in [-0.25, -0.2) is 9.97 Å². The molecule has 96 valence electrons. The van der Waals surface area contributed by atoms with Crippen LogP contribution in [0.1, 0.15) is 0 Å². The Balaban J connectivity index is 2.15. The van der Waals surface area contributed by atoms with Crippen LogP contribution in [-0.2, 0) is 0 Å². The Morgan fingerprint density at radius 3 is 2.84 bits per heavy atom. The molecule has 0 unspecified atom stereocenters. The summed E-state index contributed by atoms with van der Waals surface area (Å²) in [5, 5.41) is 17.1. The topological polar surface area (TPSA) is 58.0 Å². The van der Waals surface area contributed by atoms with Gasteiger partial charge in [0.15, 0.2) is 5.82 Å². The standard InChI is InChI=1S/C14H13N3OS/c18-7-6-15-14-11-3-1-2-4-12(11)16-13(17-14)10-5-8-19-9-10/h1-5,8-9,18H,6-7H2,(H,15,16,17). The van der Waals surface area contributed by atoms with E-state index in [1.54, 1.807) is 11.3 Å². The average molecular weight is 271 g/mol. The molecule has 0 bridgehead atoms. The zero-order valence-electron chi connectivity index (χ0n) is 10.2. The lowest BCUT2D eigenvalue weighted by Crippen LogP contribution is -2.08. The molecular formula is C14H13N3OS. The van der Waals surface area contributed by atoms with Crippen molar-refractivity contribution in [3.05, 3.63) is 41.1 Å². The Morgan fingerprint density at radius 1 is 1.16 bits per heavy atom. The van der Waals surface area contributed by atoms with Crippen molar-refractivity contribution in [1.82, 2.24) is 9.97 Å². The molecule has 3 aromatic rings. The van der Waals surface area contributed by atoms with Crippen molar-refractivity contribution in [2.45, 2.75) is 0 Å². The number of para-hydroxylation sites is 1. The van der Waals surface area contributed by atoms with E-state index >= 15 is 0 Å². The first-order valence-electron chi connectivity index (χ1n) is 6.02. The van der Waals surface area contributed by atoms with Gasteiger partial charge in [-0.15, -0.1) is 0 Å². The van der Waals surface area contributed by atoms with Crippen molar-refractivity contribution < 1.29 is 5.11 Å². The molecule has 0 fully saturated rings. The monoisotopic (exact) mass is 271 g/mol. The number of rotatable bonds is 4. The average Bonchev–Trinajstić information content (AvgIpc) is 2.98. The predicted octanol–water partition coefficient (Wildman–Crippen LogP) is 2.76. The number of nitrogens with zero attached hydrogens (tertiary/aromatic N) is 2. The third kappa shape index (κ3) is 2.43. The lowest BCUT2D eigenvalue weighted by Gasteiger charge is -2.09. The highest BCUT2D eigenvalue weighted by molar-refractivity contribution is 7.08. The van der Waals surface area contributed by atoms with Crippen LogP contribution in [0.15, 0.2) is 41.1 Å². The Morgan fingerprint density at radius 2 is 2.05 bits per heavy atom. The molecule has 0 radical (unpaired) electrons. The minimum Gasteiger partial charge on any atom is -0.395 e. The fourth-order valence-electron chi connectivity index (χ4n) is 1.91. The summed E-state index contributed by atoms with van der Waals surface area (Å²) in [7, 11) is 0. The molecule has 5 heteroatoms. The number of nitrogens with one attached hydrogen (secondary N) is 1. The number of anilines is 1. The van der Waals surface area contributed by atoms with Gasteiger partial charge in [-0.3, -0.25) is 0 Å². The first-order valence-corrected chi connectivity index (χ1v) is 6.97. The van der Waals surface area contributed by atoms with E-state index in [9.17, 15) is 0 Å². The van der Waals surface area contributed by atoms with E-state index < -0.39 is 0 Å². The normalized spacial score (nSPS) is 10.8. The van der Waals surface area contributed by atoms with Gasteiger partial charge in [0.05, 0.1) is 12.1 Å². The highest BCUT2D eigenvalue weighted by Crippen LogP contribution is 2.25. The summed E-state index contributed by atoms with van der Waals surface area (Å²) >= 11 is 1.62. The van der Waals surface area contributed by atoms with Crippen LogP contribution in [0.4, 0.5) is 5.82 Å². The highest BCUT2D eigenvalue weighted by atomic mass is 32.1. The minimum atomic E-state index is 0.0755. The zero-order valence-corrected chi connectivity index (χ0v) is 11.0. The van der Waals surface area contributed by atoms with Gasteiger partial charge < -0.3 is 10.4 Å². The molecule has 0 atom stereocenters. The second kappa shape index (κ2) is 5.34. The van der Waals surface area contributed by atoms with E-state index in [1.807, 2.05) is 41.1 Å². The molecule has 2 N–H and O–H groups in total. The number of aliphatic hydroxyl groups is 1. The fourth-order valence-corrected chi connectivity index (χ4v) is 2.54. The van der Waals surface area contributed by atoms with E-state index in [0.717, 1.165) is 22.3 Å². The number of aromatic nitrogens is 2. The van der Waals surface area contributed by atoms with Crippen molar-refractivity contribution in [2.75, 3.05) is 18.5 Å². The van der Waals surface area contributed by atoms with Gasteiger partial charge in [-0.2, -0.15) is 11.3 Å². The predicted molar refractivity (Wildman–Crippen MR) is 78.4 cm³/mol. The van der Waals surface area contributed by atoms with Crippen LogP contribution in [0, 0.1) is 0 Å². The van der Waals surface area contributed by atoms with E-state index in [0.29, 0.717) is 12.4 Å².